The normalized spacial score (nSPS) is 16.2. The second-order valence-corrected chi connectivity index (χ2v) is 7.71. The molecule has 158 valence electrons. The van der Waals surface area contributed by atoms with Crippen LogP contribution in [0.15, 0.2) is 33.8 Å². The summed E-state index contributed by atoms with van der Waals surface area (Å²) in [4.78, 5) is 7.01. The molecule has 1 fully saturated rings. The Balaban J connectivity index is 1.64. The van der Waals surface area contributed by atoms with Gasteiger partial charge in [-0.05, 0) is 44.8 Å². The highest BCUT2D eigenvalue weighted by atomic mass is 16.5. The Morgan fingerprint density at radius 1 is 1.14 bits per heavy atom. The van der Waals surface area contributed by atoms with Crippen molar-refractivity contribution in [3.8, 4) is 0 Å². The summed E-state index contributed by atoms with van der Waals surface area (Å²) in [7, 11) is 1.82. The van der Waals surface area contributed by atoms with Crippen LogP contribution in [0.2, 0.25) is 0 Å². The molecule has 1 aromatic carbocycles. The first-order valence-corrected chi connectivity index (χ1v) is 10.9. The molecule has 0 aliphatic carbocycles. The van der Waals surface area contributed by atoms with E-state index in [1.807, 2.05) is 7.05 Å². The topological polar surface area (TPSA) is 65.7 Å². The molecule has 2 aromatic rings. The van der Waals surface area contributed by atoms with E-state index in [4.69, 9.17) is 4.52 Å². The largest absolute Gasteiger partial charge is 0.361 e. The van der Waals surface area contributed by atoms with Crippen molar-refractivity contribution < 1.29 is 4.52 Å². The second-order valence-electron chi connectivity index (χ2n) is 7.71. The minimum atomic E-state index is 0.352. The summed E-state index contributed by atoms with van der Waals surface area (Å²) in [6, 6.07) is 9.28. The molecule has 1 saturated heterocycles. The zero-order chi connectivity index (χ0) is 20.6. The first kappa shape index (κ1) is 21.4. The van der Waals surface area contributed by atoms with Crippen molar-refractivity contribution in [3.05, 3.63) is 52.4 Å². The summed E-state index contributed by atoms with van der Waals surface area (Å²) in [6.07, 6.45) is 4.28. The van der Waals surface area contributed by atoms with Gasteiger partial charge >= 0.3 is 0 Å². The Kier molecular flexibility index (Phi) is 7.69. The molecule has 2 heterocycles. The summed E-state index contributed by atoms with van der Waals surface area (Å²) in [5.74, 6) is 1.77. The summed E-state index contributed by atoms with van der Waals surface area (Å²) in [6.45, 7) is 10.2. The molecule has 6 heteroatoms. The third-order valence-corrected chi connectivity index (χ3v) is 5.77. The highest BCUT2D eigenvalue weighted by Crippen LogP contribution is 2.25. The highest BCUT2D eigenvalue weighted by Gasteiger charge is 2.23. The van der Waals surface area contributed by atoms with Gasteiger partial charge in [0, 0.05) is 32.1 Å². The van der Waals surface area contributed by atoms with Crippen LogP contribution >= 0.6 is 0 Å². The number of guanidine groups is 1. The van der Waals surface area contributed by atoms with Gasteiger partial charge in [-0.1, -0.05) is 48.8 Å². The van der Waals surface area contributed by atoms with Gasteiger partial charge in [0.15, 0.2) is 5.96 Å². The van der Waals surface area contributed by atoms with E-state index in [2.05, 4.69) is 70.7 Å². The molecule has 2 N–H and O–H groups in total. The standard InChI is InChI=1S/C23H35N5O/c1-5-20-19(22(6-2)29-27-20)15-25-23(24-4)26-16-21(28-13-7-8-14-28)18-11-9-17(3)10-12-18/h9-12,21H,5-8,13-16H2,1-4H3,(H2,24,25,26). The highest BCUT2D eigenvalue weighted by molar-refractivity contribution is 5.79. The van der Waals surface area contributed by atoms with Crippen LogP contribution in [0.3, 0.4) is 0 Å². The van der Waals surface area contributed by atoms with Crippen LogP contribution < -0.4 is 10.6 Å². The lowest BCUT2D eigenvalue weighted by Gasteiger charge is -2.29. The minimum Gasteiger partial charge on any atom is -0.361 e. The maximum atomic E-state index is 5.48. The molecule has 1 unspecified atom stereocenters. The van der Waals surface area contributed by atoms with Crippen molar-refractivity contribution in [3.63, 3.8) is 0 Å². The molecular formula is C23H35N5O. The van der Waals surface area contributed by atoms with Crippen molar-refractivity contribution >= 4 is 5.96 Å². The van der Waals surface area contributed by atoms with Gasteiger partial charge in [0.05, 0.1) is 11.7 Å². The lowest BCUT2D eigenvalue weighted by Crippen LogP contribution is -2.42. The summed E-state index contributed by atoms with van der Waals surface area (Å²) < 4.78 is 5.48. The second kappa shape index (κ2) is 10.4. The number of aryl methyl sites for hydroxylation is 3. The van der Waals surface area contributed by atoms with E-state index >= 15 is 0 Å². The minimum absolute atomic E-state index is 0.352. The van der Waals surface area contributed by atoms with Gasteiger partial charge in [0.25, 0.3) is 0 Å². The molecule has 6 nitrogen and oxygen atoms in total. The molecular weight excluding hydrogens is 362 g/mol. The van der Waals surface area contributed by atoms with E-state index in [0.717, 1.165) is 55.5 Å². The molecule has 0 radical (unpaired) electrons. The fourth-order valence-corrected chi connectivity index (χ4v) is 4.02. The first-order valence-electron chi connectivity index (χ1n) is 10.9. The number of likely N-dealkylation sites (tertiary alicyclic amines) is 1. The molecule has 1 aromatic heterocycles. The molecule has 0 spiro atoms. The number of benzene rings is 1. The Hall–Kier alpha value is -2.34. The smallest absolute Gasteiger partial charge is 0.191 e. The zero-order valence-corrected chi connectivity index (χ0v) is 18.3. The predicted octanol–water partition coefficient (Wildman–Crippen LogP) is 3.61. The summed E-state index contributed by atoms with van der Waals surface area (Å²) >= 11 is 0. The predicted molar refractivity (Wildman–Crippen MR) is 118 cm³/mol. The van der Waals surface area contributed by atoms with Gasteiger partial charge in [0.2, 0.25) is 0 Å². The van der Waals surface area contributed by atoms with Crippen molar-refractivity contribution in [1.82, 2.24) is 20.7 Å². The molecule has 1 atom stereocenters. The van der Waals surface area contributed by atoms with Crippen molar-refractivity contribution in [2.24, 2.45) is 4.99 Å². The first-order chi connectivity index (χ1) is 14.2. The Labute approximate surface area is 174 Å². The molecule has 0 amide bonds. The van der Waals surface area contributed by atoms with E-state index in [0.29, 0.717) is 12.6 Å². The van der Waals surface area contributed by atoms with E-state index < -0.39 is 0 Å². The Morgan fingerprint density at radius 3 is 2.48 bits per heavy atom. The van der Waals surface area contributed by atoms with Crippen LogP contribution in [-0.4, -0.2) is 42.7 Å². The van der Waals surface area contributed by atoms with Crippen LogP contribution in [-0.2, 0) is 19.4 Å². The van der Waals surface area contributed by atoms with Crippen molar-refractivity contribution in [2.45, 2.75) is 59.0 Å². The van der Waals surface area contributed by atoms with Crippen molar-refractivity contribution in [1.29, 1.82) is 0 Å². The fraction of sp³-hybridized carbons (Fsp3) is 0.565. The zero-order valence-electron chi connectivity index (χ0n) is 18.3. The number of nitrogens with zero attached hydrogens (tertiary/aromatic N) is 3. The van der Waals surface area contributed by atoms with Gasteiger partial charge in [-0.25, -0.2) is 0 Å². The van der Waals surface area contributed by atoms with E-state index in [9.17, 15) is 0 Å². The monoisotopic (exact) mass is 397 g/mol. The number of rotatable bonds is 8. The number of aromatic nitrogens is 1. The molecule has 3 rings (SSSR count). The third kappa shape index (κ3) is 5.38. The van der Waals surface area contributed by atoms with Crippen LogP contribution in [0, 0.1) is 6.92 Å². The SMILES string of the molecule is CCc1noc(CC)c1CNC(=NC)NCC(c1ccc(C)cc1)N1CCCC1. The quantitative estimate of drug-likeness (QED) is 0.526. The average molecular weight is 398 g/mol. The van der Waals surface area contributed by atoms with Gasteiger partial charge in [-0.3, -0.25) is 9.89 Å². The summed E-state index contributed by atoms with van der Waals surface area (Å²) in [5, 5.41) is 11.2. The average Bonchev–Trinajstić information content (AvgIpc) is 3.41. The number of hydrogen-bond donors (Lipinski definition) is 2. The van der Waals surface area contributed by atoms with E-state index in [1.54, 1.807) is 0 Å². The van der Waals surface area contributed by atoms with Crippen molar-refractivity contribution in [2.75, 3.05) is 26.7 Å². The molecule has 0 bridgehead atoms. The lowest BCUT2D eigenvalue weighted by molar-refractivity contribution is 0.245. The van der Waals surface area contributed by atoms with Gasteiger partial charge in [-0.2, -0.15) is 0 Å². The van der Waals surface area contributed by atoms with E-state index in [-0.39, 0.29) is 0 Å². The Morgan fingerprint density at radius 2 is 1.86 bits per heavy atom. The maximum Gasteiger partial charge on any atom is 0.191 e. The molecule has 29 heavy (non-hydrogen) atoms. The number of nitrogens with one attached hydrogen (secondary N) is 2. The number of hydrogen-bond acceptors (Lipinski definition) is 4. The van der Waals surface area contributed by atoms with Crippen LogP contribution in [0.5, 0.6) is 0 Å². The maximum absolute atomic E-state index is 5.48. The summed E-state index contributed by atoms with van der Waals surface area (Å²) in [5.41, 5.74) is 4.85. The fourth-order valence-electron chi connectivity index (χ4n) is 4.02. The van der Waals surface area contributed by atoms with Crippen LogP contribution in [0.1, 0.15) is 60.9 Å². The molecule has 1 aliphatic heterocycles. The molecule has 0 saturated carbocycles. The van der Waals surface area contributed by atoms with Crippen LogP contribution in [0.25, 0.3) is 0 Å². The number of aliphatic imine (C=N–C) groups is 1. The van der Waals surface area contributed by atoms with Gasteiger partial charge < -0.3 is 15.2 Å². The van der Waals surface area contributed by atoms with Gasteiger partial charge in [0.1, 0.15) is 5.76 Å². The third-order valence-electron chi connectivity index (χ3n) is 5.77. The molecule has 1 aliphatic rings. The van der Waals surface area contributed by atoms with Crippen LogP contribution in [0.4, 0.5) is 0 Å². The lowest BCUT2D eigenvalue weighted by atomic mass is 10.0. The van der Waals surface area contributed by atoms with E-state index in [1.165, 1.54) is 24.0 Å². The van der Waals surface area contributed by atoms with Gasteiger partial charge in [-0.15, -0.1) is 0 Å². The Bertz CT molecular complexity index is 769.